The van der Waals surface area contributed by atoms with Crippen molar-refractivity contribution in [3.05, 3.63) is 80.8 Å². The number of benzene rings is 1. The molecule has 6 rings (SSSR count). The van der Waals surface area contributed by atoms with Crippen LogP contribution in [0.2, 0.25) is 10.0 Å². The number of hydrogen-bond acceptors (Lipinski definition) is 8. The molecule has 2 aliphatic heterocycles. The third kappa shape index (κ3) is 6.00. The summed E-state index contributed by atoms with van der Waals surface area (Å²) in [7, 11) is 2.01. The topological polar surface area (TPSA) is 104 Å². The molecular weight excluding hydrogens is 591 g/mol. The minimum absolute atomic E-state index is 0.000706. The Hall–Kier alpha value is -3.86. The minimum Gasteiger partial charge on any atom is -0.477 e. The van der Waals surface area contributed by atoms with Gasteiger partial charge in [-0.3, -0.25) is 4.79 Å². The largest absolute Gasteiger partial charge is 0.477 e. The van der Waals surface area contributed by atoms with Crippen LogP contribution < -0.4 is 20.0 Å². The van der Waals surface area contributed by atoms with Crippen LogP contribution in [0.15, 0.2) is 59.8 Å². The van der Waals surface area contributed by atoms with Crippen LogP contribution in [0.3, 0.4) is 0 Å². The molecule has 2 saturated heterocycles. The normalized spacial score (nSPS) is 16.8. The summed E-state index contributed by atoms with van der Waals surface area (Å²) in [5, 5.41) is 10.9. The molecule has 1 atom stereocenters. The molecule has 0 amide bonds. The van der Waals surface area contributed by atoms with Gasteiger partial charge in [0.15, 0.2) is 0 Å². The number of carboxylic acid groups (broad SMARTS) is 1. The van der Waals surface area contributed by atoms with Gasteiger partial charge in [-0.05, 0) is 68.8 Å². The lowest BCUT2D eigenvalue weighted by molar-refractivity contribution is 0.0695. The zero-order chi connectivity index (χ0) is 30.1. The Balaban J connectivity index is 1.34. The van der Waals surface area contributed by atoms with E-state index in [1.54, 1.807) is 35.2 Å². The van der Waals surface area contributed by atoms with Gasteiger partial charge in [-0.2, -0.15) is 0 Å². The number of rotatable bonds is 10. The quantitative estimate of drug-likeness (QED) is 0.262. The molecule has 3 aromatic heterocycles. The Labute approximate surface area is 259 Å². The summed E-state index contributed by atoms with van der Waals surface area (Å²) in [4.78, 5) is 40.9. The second-order valence-electron chi connectivity index (χ2n) is 10.9. The van der Waals surface area contributed by atoms with Crippen molar-refractivity contribution in [3.8, 4) is 11.6 Å². The maximum atomic E-state index is 13.3. The van der Waals surface area contributed by atoms with Crippen LogP contribution in [-0.2, 0) is 0 Å². The number of pyridine rings is 3. The van der Waals surface area contributed by atoms with Gasteiger partial charge in [0.1, 0.15) is 23.0 Å². The lowest BCUT2D eigenvalue weighted by atomic mass is 10.1. The second kappa shape index (κ2) is 12.4. The highest BCUT2D eigenvalue weighted by Gasteiger charge is 2.29. The van der Waals surface area contributed by atoms with Gasteiger partial charge in [0.05, 0.1) is 34.2 Å². The van der Waals surface area contributed by atoms with Crippen LogP contribution in [0.25, 0.3) is 16.6 Å². The first-order valence-corrected chi connectivity index (χ1v) is 15.1. The van der Waals surface area contributed by atoms with Gasteiger partial charge in [0, 0.05) is 44.5 Å². The molecule has 0 radical (unpaired) electrons. The number of halogens is 2. The van der Waals surface area contributed by atoms with E-state index in [9.17, 15) is 14.7 Å². The summed E-state index contributed by atoms with van der Waals surface area (Å²) < 4.78 is 7.66. The average Bonchev–Trinajstić information content (AvgIpc) is 3.44. The van der Waals surface area contributed by atoms with Crippen molar-refractivity contribution in [1.29, 1.82) is 0 Å². The molecule has 2 aliphatic rings. The van der Waals surface area contributed by atoms with Crippen molar-refractivity contribution < 1.29 is 14.6 Å². The van der Waals surface area contributed by atoms with E-state index >= 15 is 0 Å². The van der Waals surface area contributed by atoms with E-state index in [0.29, 0.717) is 33.7 Å². The van der Waals surface area contributed by atoms with Gasteiger partial charge in [0.2, 0.25) is 11.3 Å². The first-order chi connectivity index (χ1) is 20.8. The third-order valence-electron chi connectivity index (χ3n) is 8.23. The van der Waals surface area contributed by atoms with E-state index in [-0.39, 0.29) is 17.0 Å². The molecular formula is C31H32Cl2N6O4. The van der Waals surface area contributed by atoms with Crippen molar-refractivity contribution in [2.24, 2.45) is 0 Å². The molecule has 12 heteroatoms. The Morgan fingerprint density at radius 3 is 2.65 bits per heavy atom. The molecule has 0 saturated carbocycles. The highest BCUT2D eigenvalue weighted by molar-refractivity contribution is 6.34. The summed E-state index contributed by atoms with van der Waals surface area (Å²) in [5.41, 5.74) is 0.973. The molecule has 2 fully saturated rings. The number of hydrogen-bond donors (Lipinski definition) is 1. The van der Waals surface area contributed by atoms with E-state index in [4.69, 9.17) is 27.9 Å². The Bertz CT molecular complexity index is 1710. The maximum Gasteiger partial charge on any atom is 0.341 e. The number of aromatic carboxylic acids is 1. The van der Waals surface area contributed by atoms with Crippen LogP contribution in [0.4, 0.5) is 11.5 Å². The monoisotopic (exact) mass is 622 g/mol. The number of carbonyl (C=O) groups is 1. The molecule has 0 spiro atoms. The highest BCUT2D eigenvalue weighted by atomic mass is 35.5. The molecule has 5 heterocycles. The Morgan fingerprint density at radius 2 is 1.95 bits per heavy atom. The number of fused-ring (bicyclic) bond motifs is 1. The summed E-state index contributed by atoms with van der Waals surface area (Å²) in [5.74, 6) is -0.122. The smallest absolute Gasteiger partial charge is 0.341 e. The summed E-state index contributed by atoms with van der Waals surface area (Å²) in [6.45, 7) is 5.21. The molecule has 1 aromatic carbocycles. The fourth-order valence-electron chi connectivity index (χ4n) is 5.66. The lowest BCUT2D eigenvalue weighted by Gasteiger charge is -2.32. The zero-order valence-electron chi connectivity index (χ0n) is 23.7. The number of ether oxygens (including phenoxy) is 1. The SMILES string of the molecule is CN(CCN1CCC1)c1ccc(-n2cc(C(=O)O)c(=O)c3cc(Cl)c(N4CCC[C@@H]4COc4ncccc4Cl)cc32)cn1. The summed E-state index contributed by atoms with van der Waals surface area (Å²) in [6.07, 6.45) is 7.75. The van der Waals surface area contributed by atoms with Gasteiger partial charge >= 0.3 is 5.97 Å². The summed E-state index contributed by atoms with van der Waals surface area (Å²) in [6, 6.07) is 10.7. The number of nitrogens with zero attached hydrogens (tertiary/aromatic N) is 6. The molecule has 10 nitrogen and oxygen atoms in total. The number of carboxylic acids is 1. The molecule has 0 bridgehead atoms. The van der Waals surface area contributed by atoms with Crippen LogP contribution in [0.1, 0.15) is 29.6 Å². The number of aromatic nitrogens is 3. The van der Waals surface area contributed by atoms with Crippen molar-refractivity contribution in [2.75, 3.05) is 56.2 Å². The molecule has 0 unspecified atom stereocenters. The van der Waals surface area contributed by atoms with Crippen molar-refractivity contribution in [2.45, 2.75) is 25.3 Å². The van der Waals surface area contributed by atoms with Gasteiger partial charge in [-0.15, -0.1) is 0 Å². The van der Waals surface area contributed by atoms with Gasteiger partial charge in [-0.1, -0.05) is 23.2 Å². The highest BCUT2D eigenvalue weighted by Crippen LogP contribution is 2.36. The van der Waals surface area contributed by atoms with E-state index in [0.717, 1.165) is 57.1 Å². The minimum atomic E-state index is -1.30. The van der Waals surface area contributed by atoms with Crippen molar-refractivity contribution >= 4 is 51.6 Å². The van der Waals surface area contributed by atoms with Crippen LogP contribution >= 0.6 is 23.2 Å². The van der Waals surface area contributed by atoms with Crippen LogP contribution in [0.5, 0.6) is 5.88 Å². The number of likely N-dealkylation sites (tertiary alicyclic amines) is 1. The fraction of sp³-hybridized carbons (Fsp3) is 0.355. The van der Waals surface area contributed by atoms with Crippen molar-refractivity contribution in [3.63, 3.8) is 0 Å². The summed E-state index contributed by atoms with van der Waals surface area (Å²) >= 11 is 13.0. The van der Waals surface area contributed by atoms with Crippen LogP contribution in [-0.4, -0.2) is 82.9 Å². The predicted molar refractivity (Wildman–Crippen MR) is 169 cm³/mol. The Morgan fingerprint density at radius 1 is 1.12 bits per heavy atom. The Kier molecular flexibility index (Phi) is 8.43. The molecule has 43 heavy (non-hydrogen) atoms. The molecule has 1 N–H and O–H groups in total. The maximum absolute atomic E-state index is 13.3. The second-order valence-corrected chi connectivity index (χ2v) is 11.8. The third-order valence-corrected chi connectivity index (χ3v) is 8.82. The number of anilines is 2. The average molecular weight is 624 g/mol. The fourth-order valence-corrected chi connectivity index (χ4v) is 6.11. The van der Waals surface area contributed by atoms with E-state index in [2.05, 4.69) is 24.7 Å². The first-order valence-electron chi connectivity index (χ1n) is 14.3. The van der Waals surface area contributed by atoms with Crippen molar-refractivity contribution in [1.82, 2.24) is 19.4 Å². The van der Waals surface area contributed by atoms with Gasteiger partial charge < -0.3 is 29.1 Å². The van der Waals surface area contributed by atoms with Gasteiger partial charge in [-0.25, -0.2) is 14.8 Å². The predicted octanol–water partition coefficient (Wildman–Crippen LogP) is 4.98. The lowest BCUT2D eigenvalue weighted by Crippen LogP contribution is -2.42. The van der Waals surface area contributed by atoms with Crippen LogP contribution in [0, 0.1) is 0 Å². The van der Waals surface area contributed by atoms with Gasteiger partial charge in [0.25, 0.3) is 0 Å². The standard InChI is InChI=1S/C31H32Cl2N6O4/c1-36(13-14-37-10-4-11-37)28-8-7-20(17-35-28)39-18-23(31(41)42)29(40)22-15-25(33)27(16-26(22)39)38-12-3-5-21(38)19-43-30-24(32)6-2-9-34-30/h2,6-9,15-18,21H,3-5,10-14,19H2,1H3,(H,41,42)/t21-/m1/s1. The molecule has 224 valence electrons. The zero-order valence-corrected chi connectivity index (χ0v) is 25.3. The first kappa shape index (κ1) is 29.2. The number of likely N-dealkylation sites (N-methyl/N-ethyl adjacent to an activating group) is 1. The van der Waals surface area contributed by atoms with E-state index in [1.807, 2.05) is 25.2 Å². The molecule has 0 aliphatic carbocycles. The molecule has 4 aromatic rings. The van der Waals surface area contributed by atoms with E-state index < -0.39 is 11.4 Å². The van der Waals surface area contributed by atoms with E-state index in [1.165, 1.54) is 12.6 Å².